The van der Waals surface area contributed by atoms with Crippen LogP contribution in [-0.2, 0) is 0 Å². The minimum atomic E-state index is 0.0681. The lowest BCUT2D eigenvalue weighted by atomic mass is 9.83. The lowest BCUT2D eigenvalue weighted by Crippen LogP contribution is -2.32. The molecule has 0 unspecified atom stereocenters. The van der Waals surface area contributed by atoms with Gasteiger partial charge in [0.15, 0.2) is 5.82 Å². The first kappa shape index (κ1) is 16.1. The molecule has 0 amide bonds. The molecule has 0 radical (unpaired) electrons. The molecule has 0 spiro atoms. The number of nitrogens with one attached hydrogen (secondary N) is 2. The van der Waals surface area contributed by atoms with E-state index in [1.807, 2.05) is 0 Å². The fourth-order valence-corrected chi connectivity index (χ4v) is 3.21. The molecule has 2 aromatic heterocycles. The van der Waals surface area contributed by atoms with Gasteiger partial charge in [-0.05, 0) is 37.1 Å². The van der Waals surface area contributed by atoms with Crippen molar-refractivity contribution in [2.24, 2.45) is 17.8 Å². The molecule has 0 aliphatic heterocycles. The summed E-state index contributed by atoms with van der Waals surface area (Å²) in [4.78, 5) is 8.53. The van der Waals surface area contributed by atoms with E-state index in [2.05, 4.69) is 51.4 Å². The molecule has 1 fully saturated rings. The van der Waals surface area contributed by atoms with Crippen LogP contribution in [0.1, 0.15) is 58.4 Å². The molecule has 2 N–H and O–H groups in total. The molecule has 3 rings (SSSR count). The third kappa shape index (κ3) is 3.96. The van der Waals surface area contributed by atoms with E-state index in [0.29, 0.717) is 23.5 Å². The average Bonchev–Trinajstić information content (AvgIpc) is 3.19. The summed E-state index contributed by atoms with van der Waals surface area (Å²) in [5, 5.41) is 14.2. The van der Waals surface area contributed by atoms with Gasteiger partial charge in [-0.2, -0.15) is 10.1 Å². The molecule has 1 atom stereocenters. The van der Waals surface area contributed by atoms with Gasteiger partial charge in [-0.3, -0.25) is 5.10 Å². The summed E-state index contributed by atoms with van der Waals surface area (Å²) in [6, 6.07) is 0.0681. The van der Waals surface area contributed by atoms with Gasteiger partial charge < -0.3 is 9.84 Å². The van der Waals surface area contributed by atoms with Crippen molar-refractivity contribution < 1.29 is 4.52 Å². The topological polar surface area (TPSA) is 92.5 Å². The van der Waals surface area contributed by atoms with Gasteiger partial charge in [0.05, 0.1) is 6.04 Å². The summed E-state index contributed by atoms with van der Waals surface area (Å²) in [5.74, 6) is 3.62. The summed E-state index contributed by atoms with van der Waals surface area (Å²) in [7, 11) is 0. The molecule has 1 aliphatic carbocycles. The Labute approximate surface area is 136 Å². The second-order valence-corrected chi connectivity index (χ2v) is 7.05. The van der Waals surface area contributed by atoms with E-state index in [4.69, 9.17) is 4.52 Å². The van der Waals surface area contributed by atoms with Crippen LogP contribution in [0.15, 0.2) is 10.9 Å². The normalized spacial score (nSPS) is 23.3. The van der Waals surface area contributed by atoms with Crippen LogP contribution in [0, 0.1) is 17.8 Å². The molecule has 2 aromatic rings. The van der Waals surface area contributed by atoms with Gasteiger partial charge in [-0.1, -0.05) is 38.8 Å². The van der Waals surface area contributed by atoms with E-state index in [-0.39, 0.29) is 6.04 Å². The fraction of sp³-hybridized carbons (Fsp3) is 0.750. The van der Waals surface area contributed by atoms with Gasteiger partial charge in [0, 0.05) is 0 Å². The Balaban J connectivity index is 1.62. The highest BCUT2D eigenvalue weighted by Gasteiger charge is 2.25. The van der Waals surface area contributed by atoms with Crippen LogP contribution in [0.2, 0.25) is 0 Å². The molecule has 0 aromatic carbocycles. The predicted octanol–water partition coefficient (Wildman–Crippen LogP) is 2.97. The van der Waals surface area contributed by atoms with E-state index in [9.17, 15) is 0 Å². The zero-order valence-corrected chi connectivity index (χ0v) is 14.1. The van der Waals surface area contributed by atoms with Crippen molar-refractivity contribution in [1.82, 2.24) is 30.6 Å². The number of aromatic nitrogens is 5. The van der Waals surface area contributed by atoms with Gasteiger partial charge in [-0.25, -0.2) is 4.98 Å². The van der Waals surface area contributed by atoms with E-state index >= 15 is 0 Å². The highest BCUT2D eigenvalue weighted by atomic mass is 16.5. The summed E-state index contributed by atoms with van der Waals surface area (Å²) in [6.07, 6.45) is 6.75. The first-order chi connectivity index (χ1) is 11.1. The second kappa shape index (κ2) is 7.21. The maximum absolute atomic E-state index is 5.46. The van der Waals surface area contributed by atoms with Gasteiger partial charge >= 0.3 is 0 Å². The lowest BCUT2D eigenvalue weighted by molar-refractivity contribution is 0.242. The maximum Gasteiger partial charge on any atom is 0.244 e. The van der Waals surface area contributed by atoms with Crippen LogP contribution in [0.25, 0.3) is 11.6 Å². The largest absolute Gasteiger partial charge is 0.337 e. The van der Waals surface area contributed by atoms with Gasteiger partial charge in [0.25, 0.3) is 0 Å². The monoisotopic (exact) mass is 318 g/mol. The van der Waals surface area contributed by atoms with Crippen LogP contribution in [0.3, 0.4) is 0 Å². The number of H-pyrrole nitrogens is 1. The molecule has 126 valence electrons. The summed E-state index contributed by atoms with van der Waals surface area (Å²) >= 11 is 0. The SMILES string of the molecule is CC1CCC(CN[C@H](c2nc(-c3ncn[nH]3)no2)C(C)C)CC1. The Morgan fingerprint density at radius 3 is 2.74 bits per heavy atom. The third-order valence-electron chi connectivity index (χ3n) is 4.76. The van der Waals surface area contributed by atoms with Crippen molar-refractivity contribution in [1.29, 1.82) is 0 Å². The third-order valence-corrected chi connectivity index (χ3v) is 4.76. The van der Waals surface area contributed by atoms with Crippen LogP contribution >= 0.6 is 0 Å². The second-order valence-electron chi connectivity index (χ2n) is 7.05. The number of hydrogen-bond acceptors (Lipinski definition) is 6. The first-order valence-electron chi connectivity index (χ1n) is 8.56. The standard InChI is InChI=1S/C16H26N6O/c1-10(2)13(17-8-12-6-4-11(3)5-7-12)16-20-15(22-23-16)14-18-9-19-21-14/h9-13,17H,4-8H2,1-3H3,(H,18,19,21)/t11?,12?,13-/m0/s1. The Morgan fingerprint density at radius 1 is 1.30 bits per heavy atom. The lowest BCUT2D eigenvalue weighted by Gasteiger charge is -2.28. The molecular formula is C16H26N6O. The molecule has 7 nitrogen and oxygen atoms in total. The molecular weight excluding hydrogens is 292 g/mol. The molecule has 7 heteroatoms. The van der Waals surface area contributed by atoms with Crippen LogP contribution in [0.4, 0.5) is 0 Å². The van der Waals surface area contributed by atoms with E-state index in [1.54, 1.807) is 0 Å². The number of hydrogen-bond donors (Lipinski definition) is 2. The maximum atomic E-state index is 5.46. The highest BCUT2D eigenvalue weighted by molar-refractivity contribution is 5.39. The van der Waals surface area contributed by atoms with Crippen molar-refractivity contribution in [3.05, 3.63) is 12.2 Å². The van der Waals surface area contributed by atoms with Crippen molar-refractivity contribution >= 4 is 0 Å². The highest BCUT2D eigenvalue weighted by Crippen LogP contribution is 2.29. The smallest absolute Gasteiger partial charge is 0.244 e. The average molecular weight is 318 g/mol. The molecule has 0 saturated heterocycles. The Bertz CT molecular complexity index is 585. The molecule has 2 heterocycles. The molecule has 1 aliphatic rings. The van der Waals surface area contributed by atoms with Crippen molar-refractivity contribution in [3.63, 3.8) is 0 Å². The minimum absolute atomic E-state index is 0.0681. The van der Waals surface area contributed by atoms with Crippen LogP contribution in [0.5, 0.6) is 0 Å². The molecule has 23 heavy (non-hydrogen) atoms. The van der Waals surface area contributed by atoms with Crippen molar-refractivity contribution in [2.75, 3.05) is 6.54 Å². The molecule has 0 bridgehead atoms. The summed E-state index contributed by atoms with van der Waals surface area (Å²) < 4.78 is 5.46. The zero-order chi connectivity index (χ0) is 16.2. The van der Waals surface area contributed by atoms with Crippen LogP contribution in [-0.4, -0.2) is 31.9 Å². The summed E-state index contributed by atoms with van der Waals surface area (Å²) in [5.41, 5.74) is 0. The first-order valence-corrected chi connectivity index (χ1v) is 8.56. The Morgan fingerprint density at radius 2 is 2.09 bits per heavy atom. The van der Waals surface area contributed by atoms with Crippen molar-refractivity contribution in [3.8, 4) is 11.6 Å². The predicted molar refractivity (Wildman–Crippen MR) is 86.4 cm³/mol. The quantitative estimate of drug-likeness (QED) is 0.850. The summed E-state index contributed by atoms with van der Waals surface area (Å²) in [6.45, 7) is 7.69. The minimum Gasteiger partial charge on any atom is -0.337 e. The van der Waals surface area contributed by atoms with E-state index in [1.165, 1.54) is 32.0 Å². The Kier molecular flexibility index (Phi) is 5.05. The molecule has 1 saturated carbocycles. The van der Waals surface area contributed by atoms with Gasteiger partial charge in [-0.15, -0.1) is 0 Å². The van der Waals surface area contributed by atoms with E-state index < -0.39 is 0 Å². The Hall–Kier alpha value is -1.76. The van der Waals surface area contributed by atoms with Gasteiger partial charge in [0.2, 0.25) is 11.7 Å². The number of nitrogens with zero attached hydrogens (tertiary/aromatic N) is 4. The van der Waals surface area contributed by atoms with Gasteiger partial charge in [0.1, 0.15) is 6.33 Å². The van der Waals surface area contributed by atoms with E-state index in [0.717, 1.165) is 18.4 Å². The fourth-order valence-electron chi connectivity index (χ4n) is 3.21. The van der Waals surface area contributed by atoms with Crippen LogP contribution < -0.4 is 5.32 Å². The van der Waals surface area contributed by atoms with Crippen molar-refractivity contribution in [2.45, 2.75) is 52.5 Å². The number of aromatic amines is 1. The number of rotatable bonds is 6. The zero-order valence-electron chi connectivity index (χ0n) is 14.1.